The SMILES string of the molecule is CC1OCCC1(C)NCC(=O)Nc1ccc(F)cc1. The zero-order valence-corrected chi connectivity index (χ0v) is 11.2. The lowest BCUT2D eigenvalue weighted by atomic mass is 9.95. The number of benzene rings is 1. The van der Waals surface area contributed by atoms with E-state index in [0.717, 1.165) is 6.42 Å². The number of ether oxygens (including phenoxy) is 1. The first kappa shape index (κ1) is 14.0. The second kappa shape index (κ2) is 5.67. The van der Waals surface area contributed by atoms with Gasteiger partial charge in [0.25, 0.3) is 0 Å². The van der Waals surface area contributed by atoms with Gasteiger partial charge in [-0.15, -0.1) is 0 Å². The second-order valence-corrected chi connectivity index (χ2v) is 5.09. The Kier molecular flexibility index (Phi) is 4.17. The maximum atomic E-state index is 12.7. The lowest BCUT2D eigenvalue weighted by Crippen LogP contribution is -2.50. The van der Waals surface area contributed by atoms with E-state index in [9.17, 15) is 9.18 Å². The summed E-state index contributed by atoms with van der Waals surface area (Å²) in [7, 11) is 0. The summed E-state index contributed by atoms with van der Waals surface area (Å²) in [6, 6.07) is 5.71. The quantitative estimate of drug-likeness (QED) is 0.875. The molecule has 0 spiro atoms. The smallest absolute Gasteiger partial charge is 0.238 e. The molecule has 2 atom stereocenters. The van der Waals surface area contributed by atoms with Gasteiger partial charge in [0.05, 0.1) is 12.6 Å². The van der Waals surface area contributed by atoms with Gasteiger partial charge in [0.15, 0.2) is 0 Å². The number of anilines is 1. The van der Waals surface area contributed by atoms with Gasteiger partial charge in [-0.1, -0.05) is 0 Å². The van der Waals surface area contributed by atoms with E-state index < -0.39 is 0 Å². The minimum atomic E-state index is -0.319. The summed E-state index contributed by atoms with van der Waals surface area (Å²) in [6.07, 6.45) is 0.976. The number of carbonyl (C=O) groups excluding carboxylic acids is 1. The van der Waals surface area contributed by atoms with Crippen molar-refractivity contribution < 1.29 is 13.9 Å². The van der Waals surface area contributed by atoms with Crippen molar-refractivity contribution in [3.8, 4) is 0 Å². The van der Waals surface area contributed by atoms with E-state index in [2.05, 4.69) is 17.6 Å². The Balaban J connectivity index is 1.83. The molecule has 1 amide bonds. The summed E-state index contributed by atoms with van der Waals surface area (Å²) in [5.74, 6) is -0.465. The Labute approximate surface area is 112 Å². The summed E-state index contributed by atoms with van der Waals surface area (Å²) in [4.78, 5) is 11.8. The molecule has 0 bridgehead atoms. The molecule has 0 radical (unpaired) electrons. The first-order chi connectivity index (χ1) is 8.99. The van der Waals surface area contributed by atoms with Crippen molar-refractivity contribution in [2.75, 3.05) is 18.5 Å². The average Bonchev–Trinajstić information content (AvgIpc) is 2.71. The summed E-state index contributed by atoms with van der Waals surface area (Å²) >= 11 is 0. The van der Waals surface area contributed by atoms with E-state index in [1.807, 2.05) is 6.92 Å². The van der Waals surface area contributed by atoms with Crippen molar-refractivity contribution in [2.24, 2.45) is 0 Å². The van der Waals surface area contributed by atoms with Crippen LogP contribution in [0.5, 0.6) is 0 Å². The molecule has 1 aromatic carbocycles. The van der Waals surface area contributed by atoms with Crippen molar-refractivity contribution in [1.29, 1.82) is 0 Å². The maximum Gasteiger partial charge on any atom is 0.238 e. The van der Waals surface area contributed by atoms with Crippen LogP contribution in [0.15, 0.2) is 24.3 Å². The highest BCUT2D eigenvalue weighted by molar-refractivity contribution is 5.92. The van der Waals surface area contributed by atoms with Gasteiger partial charge < -0.3 is 15.4 Å². The molecule has 4 nitrogen and oxygen atoms in total. The highest BCUT2D eigenvalue weighted by Crippen LogP contribution is 2.24. The van der Waals surface area contributed by atoms with Gasteiger partial charge in [0.1, 0.15) is 5.82 Å². The van der Waals surface area contributed by atoms with Crippen LogP contribution in [0.4, 0.5) is 10.1 Å². The fraction of sp³-hybridized carbons (Fsp3) is 0.500. The molecule has 1 saturated heterocycles. The molecule has 104 valence electrons. The molecular formula is C14H19FN2O2. The number of hydrogen-bond acceptors (Lipinski definition) is 3. The highest BCUT2D eigenvalue weighted by Gasteiger charge is 2.36. The van der Waals surface area contributed by atoms with Gasteiger partial charge in [-0.05, 0) is 44.5 Å². The molecule has 19 heavy (non-hydrogen) atoms. The van der Waals surface area contributed by atoms with E-state index in [-0.39, 0.29) is 29.9 Å². The number of rotatable bonds is 4. The van der Waals surface area contributed by atoms with E-state index in [0.29, 0.717) is 12.3 Å². The number of hydrogen-bond donors (Lipinski definition) is 2. The Morgan fingerprint density at radius 3 is 2.74 bits per heavy atom. The molecule has 1 fully saturated rings. The zero-order chi connectivity index (χ0) is 13.9. The lowest BCUT2D eigenvalue weighted by Gasteiger charge is -2.28. The van der Waals surface area contributed by atoms with Crippen LogP contribution in [-0.2, 0) is 9.53 Å². The largest absolute Gasteiger partial charge is 0.377 e. The van der Waals surface area contributed by atoms with Gasteiger partial charge in [0.2, 0.25) is 5.91 Å². The second-order valence-electron chi connectivity index (χ2n) is 5.09. The Morgan fingerprint density at radius 1 is 1.47 bits per heavy atom. The summed E-state index contributed by atoms with van der Waals surface area (Å²) in [5, 5.41) is 5.94. The normalized spacial score (nSPS) is 26.4. The van der Waals surface area contributed by atoms with Crippen LogP contribution in [0.2, 0.25) is 0 Å². The minimum absolute atomic E-state index is 0.0890. The Morgan fingerprint density at radius 2 is 2.16 bits per heavy atom. The zero-order valence-electron chi connectivity index (χ0n) is 11.2. The average molecular weight is 266 g/mol. The van der Waals surface area contributed by atoms with Gasteiger partial charge in [-0.25, -0.2) is 4.39 Å². The van der Waals surface area contributed by atoms with Crippen LogP contribution in [0, 0.1) is 5.82 Å². The van der Waals surface area contributed by atoms with Gasteiger partial charge in [-0.3, -0.25) is 4.79 Å². The van der Waals surface area contributed by atoms with Crippen LogP contribution in [0.25, 0.3) is 0 Å². The number of nitrogens with one attached hydrogen (secondary N) is 2. The fourth-order valence-corrected chi connectivity index (χ4v) is 2.09. The molecule has 2 unspecified atom stereocenters. The van der Waals surface area contributed by atoms with Crippen LogP contribution < -0.4 is 10.6 Å². The number of halogens is 1. The third-order valence-corrected chi connectivity index (χ3v) is 3.67. The number of amides is 1. The van der Waals surface area contributed by atoms with E-state index in [1.165, 1.54) is 24.3 Å². The van der Waals surface area contributed by atoms with Gasteiger partial charge >= 0.3 is 0 Å². The van der Waals surface area contributed by atoms with Crippen LogP contribution in [0.1, 0.15) is 20.3 Å². The van der Waals surface area contributed by atoms with Crippen molar-refractivity contribution in [1.82, 2.24) is 5.32 Å². The van der Waals surface area contributed by atoms with Crippen LogP contribution >= 0.6 is 0 Å². The summed E-state index contributed by atoms with van der Waals surface area (Å²) < 4.78 is 18.2. The molecule has 1 heterocycles. The third kappa shape index (κ3) is 3.52. The molecule has 2 N–H and O–H groups in total. The minimum Gasteiger partial charge on any atom is -0.377 e. The van der Waals surface area contributed by atoms with Crippen molar-refractivity contribution in [3.05, 3.63) is 30.1 Å². The molecule has 1 aliphatic rings. The molecule has 0 saturated carbocycles. The van der Waals surface area contributed by atoms with Crippen LogP contribution in [-0.4, -0.2) is 30.7 Å². The predicted octanol–water partition coefficient (Wildman–Crippen LogP) is 1.92. The van der Waals surface area contributed by atoms with Gasteiger partial charge in [0, 0.05) is 17.8 Å². The van der Waals surface area contributed by atoms with Crippen molar-refractivity contribution in [3.63, 3.8) is 0 Å². The molecule has 1 aromatic rings. The molecular weight excluding hydrogens is 247 g/mol. The van der Waals surface area contributed by atoms with Crippen molar-refractivity contribution in [2.45, 2.75) is 31.9 Å². The van der Waals surface area contributed by atoms with E-state index in [1.54, 1.807) is 0 Å². The van der Waals surface area contributed by atoms with Crippen LogP contribution in [0.3, 0.4) is 0 Å². The fourth-order valence-electron chi connectivity index (χ4n) is 2.09. The number of carbonyl (C=O) groups is 1. The molecule has 5 heteroatoms. The molecule has 0 aromatic heterocycles. The van der Waals surface area contributed by atoms with E-state index >= 15 is 0 Å². The monoisotopic (exact) mass is 266 g/mol. The maximum absolute atomic E-state index is 12.7. The summed E-state index contributed by atoms with van der Waals surface area (Å²) in [6.45, 7) is 4.97. The topological polar surface area (TPSA) is 50.4 Å². The first-order valence-electron chi connectivity index (χ1n) is 6.42. The predicted molar refractivity (Wildman–Crippen MR) is 71.5 cm³/mol. The molecule has 0 aliphatic carbocycles. The highest BCUT2D eigenvalue weighted by atomic mass is 19.1. The Hall–Kier alpha value is -1.46. The Bertz CT molecular complexity index is 449. The van der Waals surface area contributed by atoms with Gasteiger partial charge in [-0.2, -0.15) is 0 Å². The first-order valence-corrected chi connectivity index (χ1v) is 6.42. The van der Waals surface area contributed by atoms with Crippen molar-refractivity contribution >= 4 is 11.6 Å². The lowest BCUT2D eigenvalue weighted by molar-refractivity contribution is -0.115. The molecule has 1 aliphatic heterocycles. The third-order valence-electron chi connectivity index (χ3n) is 3.67. The standard InChI is InChI=1S/C14H19FN2O2/c1-10-14(2,7-8-19-10)16-9-13(18)17-12-5-3-11(15)4-6-12/h3-6,10,16H,7-9H2,1-2H3,(H,17,18). The molecule has 2 rings (SSSR count). The summed E-state index contributed by atoms with van der Waals surface area (Å²) in [5.41, 5.74) is 0.425. The van der Waals surface area contributed by atoms with E-state index in [4.69, 9.17) is 4.74 Å².